The SMILES string of the molecule is CC(C)CCCN=C(NC#N)N(C)C.[HH]. The monoisotopic (exact) mass is 198 g/mol. The van der Waals surface area contributed by atoms with Crippen molar-refractivity contribution < 1.29 is 1.43 Å². The lowest BCUT2D eigenvalue weighted by Gasteiger charge is -2.13. The van der Waals surface area contributed by atoms with E-state index in [-0.39, 0.29) is 1.43 Å². The van der Waals surface area contributed by atoms with Crippen LogP contribution in [-0.4, -0.2) is 31.5 Å². The second kappa shape index (κ2) is 7.19. The van der Waals surface area contributed by atoms with E-state index in [0.29, 0.717) is 5.96 Å². The van der Waals surface area contributed by atoms with Crippen LogP contribution in [0.1, 0.15) is 28.1 Å². The quantitative estimate of drug-likeness (QED) is 0.246. The van der Waals surface area contributed by atoms with Crippen LogP contribution in [0.15, 0.2) is 4.99 Å². The molecule has 14 heavy (non-hydrogen) atoms. The van der Waals surface area contributed by atoms with Crippen LogP contribution >= 0.6 is 0 Å². The molecule has 82 valence electrons. The van der Waals surface area contributed by atoms with E-state index in [0.717, 1.165) is 18.9 Å². The number of nitriles is 1. The molecule has 0 rings (SSSR count). The molecule has 0 aromatic carbocycles. The molecular weight excluding hydrogens is 176 g/mol. The Morgan fingerprint density at radius 3 is 2.64 bits per heavy atom. The molecule has 0 amide bonds. The summed E-state index contributed by atoms with van der Waals surface area (Å²) in [6.07, 6.45) is 4.13. The topological polar surface area (TPSA) is 51.4 Å². The van der Waals surface area contributed by atoms with Gasteiger partial charge in [-0.05, 0) is 18.8 Å². The molecule has 4 heteroatoms. The van der Waals surface area contributed by atoms with Gasteiger partial charge in [-0.1, -0.05) is 13.8 Å². The summed E-state index contributed by atoms with van der Waals surface area (Å²) < 4.78 is 0. The first-order chi connectivity index (χ1) is 6.57. The molecule has 4 nitrogen and oxygen atoms in total. The molecule has 0 aromatic rings. The molecule has 0 atom stereocenters. The van der Waals surface area contributed by atoms with Crippen molar-refractivity contribution in [3.63, 3.8) is 0 Å². The van der Waals surface area contributed by atoms with E-state index in [4.69, 9.17) is 5.26 Å². The van der Waals surface area contributed by atoms with Gasteiger partial charge in [-0.15, -0.1) is 0 Å². The van der Waals surface area contributed by atoms with Crippen molar-refractivity contribution in [1.29, 1.82) is 5.26 Å². The Morgan fingerprint density at radius 1 is 1.57 bits per heavy atom. The lowest BCUT2D eigenvalue weighted by atomic mass is 10.1. The van der Waals surface area contributed by atoms with E-state index in [2.05, 4.69) is 24.2 Å². The molecule has 0 saturated heterocycles. The van der Waals surface area contributed by atoms with Gasteiger partial charge in [0.05, 0.1) is 0 Å². The molecule has 0 saturated carbocycles. The Balaban J connectivity index is 0. The smallest absolute Gasteiger partial charge is 0.206 e. The van der Waals surface area contributed by atoms with Crippen LogP contribution in [0.2, 0.25) is 0 Å². The number of rotatable bonds is 4. The normalized spacial score (nSPS) is 11.3. The van der Waals surface area contributed by atoms with Gasteiger partial charge in [0.15, 0.2) is 6.19 Å². The number of hydrogen-bond donors (Lipinski definition) is 1. The van der Waals surface area contributed by atoms with Crippen LogP contribution in [0, 0.1) is 17.4 Å². The largest absolute Gasteiger partial charge is 0.348 e. The second-order valence-corrected chi connectivity index (χ2v) is 3.87. The maximum absolute atomic E-state index is 8.46. The maximum Gasteiger partial charge on any atom is 0.206 e. The zero-order valence-electron chi connectivity index (χ0n) is 9.54. The van der Waals surface area contributed by atoms with Crippen LogP contribution in [0.4, 0.5) is 0 Å². The van der Waals surface area contributed by atoms with E-state index in [1.165, 1.54) is 6.42 Å². The van der Waals surface area contributed by atoms with E-state index >= 15 is 0 Å². The van der Waals surface area contributed by atoms with Gasteiger partial charge in [0.2, 0.25) is 5.96 Å². The van der Waals surface area contributed by atoms with Gasteiger partial charge >= 0.3 is 0 Å². The molecule has 0 fully saturated rings. The molecule has 0 aromatic heterocycles. The van der Waals surface area contributed by atoms with Crippen LogP contribution < -0.4 is 5.32 Å². The van der Waals surface area contributed by atoms with Crippen LogP contribution in [0.3, 0.4) is 0 Å². The standard InChI is InChI=1S/C10H20N4.H2/c1-9(2)6-5-7-12-10(13-8-11)14(3)4;/h9H,5-7H2,1-4H3,(H,12,13);1H. The molecule has 0 radical (unpaired) electrons. The summed E-state index contributed by atoms with van der Waals surface area (Å²) in [7, 11) is 3.73. The van der Waals surface area contributed by atoms with Crippen molar-refractivity contribution in [1.82, 2.24) is 10.2 Å². The number of nitrogens with one attached hydrogen (secondary N) is 1. The summed E-state index contributed by atoms with van der Waals surface area (Å²) in [6, 6.07) is 0. The van der Waals surface area contributed by atoms with Crippen molar-refractivity contribution in [2.45, 2.75) is 26.7 Å². The number of guanidine groups is 1. The first kappa shape index (κ1) is 12.8. The Labute approximate surface area is 88.1 Å². The average Bonchev–Trinajstić information content (AvgIpc) is 2.09. The summed E-state index contributed by atoms with van der Waals surface area (Å²) in [5.74, 6) is 1.35. The van der Waals surface area contributed by atoms with Crippen molar-refractivity contribution in [2.24, 2.45) is 10.9 Å². The first-order valence-corrected chi connectivity index (χ1v) is 4.94. The second-order valence-electron chi connectivity index (χ2n) is 3.87. The third-order valence-corrected chi connectivity index (χ3v) is 1.79. The van der Waals surface area contributed by atoms with Gasteiger partial charge in [0, 0.05) is 22.1 Å². The van der Waals surface area contributed by atoms with Gasteiger partial charge < -0.3 is 4.90 Å². The van der Waals surface area contributed by atoms with Crippen molar-refractivity contribution in [3.8, 4) is 6.19 Å². The summed E-state index contributed by atoms with van der Waals surface area (Å²) in [5, 5.41) is 11.0. The third kappa shape index (κ3) is 6.30. The minimum absolute atomic E-state index is 0. The van der Waals surface area contributed by atoms with Crippen LogP contribution in [-0.2, 0) is 0 Å². The molecular formula is C10H22N4. The predicted molar refractivity (Wildman–Crippen MR) is 60.9 cm³/mol. The summed E-state index contributed by atoms with van der Waals surface area (Å²) >= 11 is 0. The fraction of sp³-hybridized carbons (Fsp3) is 0.800. The Hall–Kier alpha value is -1.24. The van der Waals surface area contributed by atoms with Crippen LogP contribution in [0.5, 0.6) is 0 Å². The molecule has 0 aliphatic rings. The van der Waals surface area contributed by atoms with E-state index in [1.807, 2.05) is 20.3 Å². The van der Waals surface area contributed by atoms with Crippen molar-refractivity contribution >= 4 is 5.96 Å². The van der Waals surface area contributed by atoms with Gasteiger partial charge in [0.1, 0.15) is 0 Å². The van der Waals surface area contributed by atoms with Gasteiger partial charge in [0.25, 0.3) is 0 Å². The number of hydrogen-bond acceptors (Lipinski definition) is 2. The predicted octanol–water partition coefficient (Wildman–Crippen LogP) is 1.66. The molecule has 0 aliphatic heterocycles. The molecule has 0 spiro atoms. The summed E-state index contributed by atoms with van der Waals surface area (Å²) in [4.78, 5) is 6.10. The minimum Gasteiger partial charge on any atom is -0.348 e. The van der Waals surface area contributed by atoms with Gasteiger partial charge in [-0.3, -0.25) is 10.3 Å². The zero-order valence-corrected chi connectivity index (χ0v) is 9.54. The lowest BCUT2D eigenvalue weighted by molar-refractivity contribution is 0.553. The zero-order chi connectivity index (χ0) is 11.0. The fourth-order valence-electron chi connectivity index (χ4n) is 1.03. The van der Waals surface area contributed by atoms with E-state index < -0.39 is 0 Å². The highest BCUT2D eigenvalue weighted by atomic mass is 15.3. The molecule has 0 aliphatic carbocycles. The highest BCUT2D eigenvalue weighted by Gasteiger charge is 1.99. The molecule has 0 unspecified atom stereocenters. The molecule has 0 bridgehead atoms. The Bertz CT molecular complexity index is 218. The number of nitrogens with zero attached hydrogens (tertiary/aromatic N) is 3. The lowest BCUT2D eigenvalue weighted by Crippen LogP contribution is -2.33. The third-order valence-electron chi connectivity index (χ3n) is 1.79. The highest BCUT2D eigenvalue weighted by molar-refractivity contribution is 5.80. The van der Waals surface area contributed by atoms with E-state index in [9.17, 15) is 0 Å². The first-order valence-electron chi connectivity index (χ1n) is 4.94. The summed E-state index contributed by atoms with van der Waals surface area (Å²) in [5.41, 5.74) is 0. The highest BCUT2D eigenvalue weighted by Crippen LogP contribution is 2.02. The van der Waals surface area contributed by atoms with Gasteiger partial charge in [-0.25, -0.2) is 0 Å². The van der Waals surface area contributed by atoms with Crippen molar-refractivity contribution in [3.05, 3.63) is 0 Å². The Kier molecular flexibility index (Phi) is 6.55. The molecule has 0 heterocycles. The Morgan fingerprint density at radius 2 is 2.21 bits per heavy atom. The minimum atomic E-state index is 0. The van der Waals surface area contributed by atoms with E-state index in [1.54, 1.807) is 4.90 Å². The summed E-state index contributed by atoms with van der Waals surface area (Å²) in [6.45, 7) is 5.18. The number of aliphatic imine (C=N–C) groups is 1. The average molecular weight is 198 g/mol. The maximum atomic E-state index is 8.46. The van der Waals surface area contributed by atoms with Crippen molar-refractivity contribution in [2.75, 3.05) is 20.6 Å². The fourth-order valence-corrected chi connectivity index (χ4v) is 1.03. The molecule has 1 N–H and O–H groups in total. The van der Waals surface area contributed by atoms with Gasteiger partial charge in [-0.2, -0.15) is 5.26 Å². The van der Waals surface area contributed by atoms with Crippen LogP contribution in [0.25, 0.3) is 0 Å².